The molecule has 0 N–H and O–H groups in total. The number of imide groups is 1. The Morgan fingerprint density at radius 2 is 1.47 bits per heavy atom. The molecule has 2 atom stereocenters. The van der Waals surface area contributed by atoms with Gasteiger partial charge in [0.25, 0.3) is 0 Å². The van der Waals surface area contributed by atoms with E-state index in [1.54, 1.807) is 13.8 Å². The van der Waals surface area contributed by atoms with Gasteiger partial charge in [0.15, 0.2) is 6.29 Å². The van der Waals surface area contributed by atoms with Crippen LogP contribution in [0.2, 0.25) is 0 Å². The molecular weight excluding hydrogens is 222 g/mol. The van der Waals surface area contributed by atoms with Crippen molar-refractivity contribution >= 4 is 11.8 Å². The summed E-state index contributed by atoms with van der Waals surface area (Å²) in [7, 11) is 0. The predicted molar refractivity (Wildman–Crippen MR) is 62.1 cm³/mol. The fourth-order valence-electron chi connectivity index (χ4n) is 1.88. The number of hydrogen-bond acceptors (Lipinski definition) is 4. The number of carbonyl (C=O) groups is 2. The molecule has 1 aliphatic rings. The molecule has 0 aliphatic carbocycles. The largest absolute Gasteiger partial charge is 0.351 e. The zero-order chi connectivity index (χ0) is 13.0. The molecule has 5 nitrogen and oxygen atoms in total. The zero-order valence-electron chi connectivity index (χ0n) is 10.9. The minimum absolute atomic E-state index is 0.132. The fraction of sp³-hybridized carbons (Fsp3) is 0.833. The highest BCUT2D eigenvalue weighted by molar-refractivity contribution is 6.04. The second kappa shape index (κ2) is 6.12. The molecule has 0 saturated carbocycles. The van der Waals surface area contributed by atoms with E-state index in [-0.39, 0.29) is 30.2 Å². The molecular formula is C12H21NO4. The zero-order valence-corrected chi connectivity index (χ0v) is 10.9. The molecule has 98 valence electrons. The van der Waals surface area contributed by atoms with Gasteiger partial charge in [-0.15, -0.1) is 0 Å². The monoisotopic (exact) mass is 243 g/mol. The molecule has 0 bridgehead atoms. The fourth-order valence-corrected chi connectivity index (χ4v) is 1.88. The Hall–Kier alpha value is -0.940. The summed E-state index contributed by atoms with van der Waals surface area (Å²) in [5.74, 6) is -0.753. The van der Waals surface area contributed by atoms with Crippen LogP contribution in [0.5, 0.6) is 0 Å². The van der Waals surface area contributed by atoms with E-state index in [1.807, 2.05) is 13.8 Å². The van der Waals surface area contributed by atoms with Crippen molar-refractivity contribution in [3.05, 3.63) is 0 Å². The lowest BCUT2D eigenvalue weighted by Gasteiger charge is -2.22. The summed E-state index contributed by atoms with van der Waals surface area (Å²) in [6.07, 6.45) is -0.518. The van der Waals surface area contributed by atoms with Crippen molar-refractivity contribution in [2.75, 3.05) is 19.8 Å². The van der Waals surface area contributed by atoms with Crippen molar-refractivity contribution in [2.24, 2.45) is 11.8 Å². The van der Waals surface area contributed by atoms with Crippen LogP contribution in [0.1, 0.15) is 27.7 Å². The maximum Gasteiger partial charge on any atom is 0.232 e. The van der Waals surface area contributed by atoms with Gasteiger partial charge < -0.3 is 9.47 Å². The second-order valence-electron chi connectivity index (χ2n) is 4.20. The van der Waals surface area contributed by atoms with Gasteiger partial charge in [-0.25, -0.2) is 0 Å². The average Bonchev–Trinajstić information content (AvgIpc) is 2.47. The van der Waals surface area contributed by atoms with Crippen LogP contribution >= 0.6 is 0 Å². The van der Waals surface area contributed by atoms with Crippen molar-refractivity contribution in [3.63, 3.8) is 0 Å². The molecule has 1 rings (SSSR count). The number of ether oxygens (including phenoxy) is 2. The Morgan fingerprint density at radius 3 is 1.82 bits per heavy atom. The summed E-state index contributed by atoms with van der Waals surface area (Å²) in [5, 5.41) is 0. The summed E-state index contributed by atoms with van der Waals surface area (Å²) in [4.78, 5) is 25.0. The molecule has 1 heterocycles. The summed E-state index contributed by atoms with van der Waals surface area (Å²) < 4.78 is 10.7. The van der Waals surface area contributed by atoms with Gasteiger partial charge in [-0.3, -0.25) is 14.5 Å². The molecule has 0 aromatic carbocycles. The molecule has 0 aromatic heterocycles. The van der Waals surface area contributed by atoms with Crippen LogP contribution in [-0.2, 0) is 19.1 Å². The van der Waals surface area contributed by atoms with Crippen LogP contribution in [0.25, 0.3) is 0 Å². The van der Waals surface area contributed by atoms with Crippen LogP contribution in [0.3, 0.4) is 0 Å². The summed E-state index contributed by atoms with van der Waals surface area (Å²) in [6, 6.07) is 0. The van der Waals surface area contributed by atoms with Gasteiger partial charge in [0.05, 0.1) is 6.54 Å². The van der Waals surface area contributed by atoms with Gasteiger partial charge in [-0.2, -0.15) is 0 Å². The molecule has 0 radical (unpaired) electrons. The Kier molecular flexibility index (Phi) is 5.08. The predicted octanol–water partition coefficient (Wildman–Crippen LogP) is 1.03. The summed E-state index contributed by atoms with van der Waals surface area (Å²) in [5.41, 5.74) is 0. The number of nitrogens with zero attached hydrogens (tertiary/aromatic N) is 1. The SMILES string of the molecule is CCOC(CN1C(=O)C(C)C(C)C1=O)OCC. The summed E-state index contributed by atoms with van der Waals surface area (Å²) in [6.45, 7) is 8.43. The van der Waals surface area contributed by atoms with E-state index in [0.29, 0.717) is 13.2 Å². The smallest absolute Gasteiger partial charge is 0.232 e. The normalized spacial score (nSPS) is 25.1. The maximum absolute atomic E-state index is 11.9. The Morgan fingerprint density at radius 1 is 1.06 bits per heavy atom. The van der Waals surface area contributed by atoms with Gasteiger partial charge in [-0.1, -0.05) is 13.8 Å². The molecule has 5 heteroatoms. The molecule has 1 saturated heterocycles. The molecule has 0 aromatic rings. The molecule has 17 heavy (non-hydrogen) atoms. The van der Waals surface area contributed by atoms with Crippen molar-refractivity contribution in [2.45, 2.75) is 34.0 Å². The van der Waals surface area contributed by atoms with Crippen molar-refractivity contribution in [3.8, 4) is 0 Å². The standard InChI is InChI=1S/C12H21NO4/c1-5-16-10(17-6-2)7-13-11(14)8(3)9(4)12(13)15/h8-10H,5-7H2,1-4H3. The first-order chi connectivity index (χ1) is 8.02. The number of amides is 2. The number of rotatable bonds is 6. The highest BCUT2D eigenvalue weighted by atomic mass is 16.7. The Bertz CT molecular complexity index is 266. The average molecular weight is 243 g/mol. The van der Waals surface area contributed by atoms with Gasteiger partial charge in [0.1, 0.15) is 0 Å². The first-order valence-electron chi connectivity index (χ1n) is 6.11. The third-order valence-corrected chi connectivity index (χ3v) is 3.10. The molecule has 1 aliphatic heterocycles. The molecule has 1 fully saturated rings. The molecule has 2 amide bonds. The van der Waals surface area contributed by atoms with Gasteiger partial charge in [0.2, 0.25) is 11.8 Å². The highest BCUT2D eigenvalue weighted by Gasteiger charge is 2.43. The number of likely N-dealkylation sites (tertiary alicyclic amines) is 1. The minimum atomic E-state index is -0.518. The van der Waals surface area contributed by atoms with E-state index >= 15 is 0 Å². The van der Waals surface area contributed by atoms with Crippen LogP contribution in [0.4, 0.5) is 0 Å². The van der Waals surface area contributed by atoms with Gasteiger partial charge >= 0.3 is 0 Å². The number of hydrogen-bond donors (Lipinski definition) is 0. The maximum atomic E-state index is 11.9. The lowest BCUT2D eigenvalue weighted by molar-refractivity contribution is -0.163. The van der Waals surface area contributed by atoms with E-state index in [9.17, 15) is 9.59 Å². The van der Waals surface area contributed by atoms with E-state index in [4.69, 9.17) is 9.47 Å². The quantitative estimate of drug-likeness (QED) is 0.516. The molecule has 0 spiro atoms. The van der Waals surface area contributed by atoms with Crippen LogP contribution in [-0.4, -0.2) is 42.8 Å². The third kappa shape index (κ3) is 3.04. The third-order valence-electron chi connectivity index (χ3n) is 3.10. The highest BCUT2D eigenvalue weighted by Crippen LogP contribution is 2.25. The lowest BCUT2D eigenvalue weighted by Crippen LogP contribution is -2.40. The van der Waals surface area contributed by atoms with E-state index in [2.05, 4.69) is 0 Å². The topological polar surface area (TPSA) is 55.8 Å². The Balaban J connectivity index is 2.66. The van der Waals surface area contributed by atoms with Crippen LogP contribution < -0.4 is 0 Å². The van der Waals surface area contributed by atoms with E-state index in [1.165, 1.54) is 4.90 Å². The summed E-state index contributed by atoms with van der Waals surface area (Å²) >= 11 is 0. The minimum Gasteiger partial charge on any atom is -0.351 e. The van der Waals surface area contributed by atoms with Crippen LogP contribution in [0.15, 0.2) is 0 Å². The van der Waals surface area contributed by atoms with Crippen molar-refractivity contribution in [1.82, 2.24) is 4.90 Å². The first kappa shape index (κ1) is 14.1. The van der Waals surface area contributed by atoms with E-state index in [0.717, 1.165) is 0 Å². The Labute approximate surface area is 102 Å². The number of carbonyl (C=O) groups excluding carboxylic acids is 2. The van der Waals surface area contributed by atoms with Crippen LogP contribution in [0, 0.1) is 11.8 Å². The van der Waals surface area contributed by atoms with E-state index < -0.39 is 6.29 Å². The van der Waals surface area contributed by atoms with Crippen molar-refractivity contribution < 1.29 is 19.1 Å². The molecule has 2 unspecified atom stereocenters. The van der Waals surface area contributed by atoms with Gasteiger partial charge in [-0.05, 0) is 13.8 Å². The second-order valence-corrected chi connectivity index (χ2v) is 4.20. The lowest BCUT2D eigenvalue weighted by atomic mass is 10.00. The first-order valence-corrected chi connectivity index (χ1v) is 6.11. The van der Waals surface area contributed by atoms with Crippen molar-refractivity contribution in [1.29, 1.82) is 0 Å². The van der Waals surface area contributed by atoms with Gasteiger partial charge in [0, 0.05) is 25.0 Å².